The third kappa shape index (κ3) is 6.41. The van der Waals surface area contributed by atoms with E-state index in [-0.39, 0.29) is 11.5 Å². The van der Waals surface area contributed by atoms with Crippen LogP contribution in [0.3, 0.4) is 0 Å². The van der Waals surface area contributed by atoms with Crippen LogP contribution in [-0.4, -0.2) is 58.5 Å². The summed E-state index contributed by atoms with van der Waals surface area (Å²) in [7, 11) is -6.73. The fourth-order valence-corrected chi connectivity index (χ4v) is 4.26. The van der Waals surface area contributed by atoms with Gasteiger partial charge in [-0.05, 0) is 13.0 Å². The molecular weight excluding hydrogens is 252 g/mol. The molecule has 16 heavy (non-hydrogen) atoms. The van der Waals surface area contributed by atoms with Crippen LogP contribution < -0.4 is 5.73 Å². The Labute approximate surface area is 97.8 Å². The molecule has 0 fully saturated rings. The molecule has 0 aromatic rings. The number of hydrogen-bond donors (Lipinski definition) is 1. The third-order valence-electron chi connectivity index (χ3n) is 2.07. The normalized spacial score (nSPS) is 13.2. The first-order chi connectivity index (χ1) is 7.23. The van der Waals surface area contributed by atoms with Gasteiger partial charge in [-0.2, -0.15) is 0 Å². The summed E-state index contributed by atoms with van der Waals surface area (Å²) in [5, 5.41) is 0. The van der Waals surface area contributed by atoms with Gasteiger partial charge in [0.2, 0.25) is 10.0 Å². The highest BCUT2D eigenvalue weighted by Gasteiger charge is 2.21. The molecule has 0 aliphatic rings. The lowest BCUT2D eigenvalue weighted by Gasteiger charge is -2.19. The summed E-state index contributed by atoms with van der Waals surface area (Å²) < 4.78 is 46.5. The Bertz CT molecular complexity index is 388. The predicted octanol–water partition coefficient (Wildman–Crippen LogP) is -0.968. The van der Waals surface area contributed by atoms with Gasteiger partial charge in [-0.1, -0.05) is 6.92 Å². The molecule has 0 heterocycles. The molecule has 0 aromatic carbocycles. The Morgan fingerprint density at radius 3 is 2.06 bits per heavy atom. The standard InChI is InChI=1S/C8H20N2O4S2/c1-3-10(6-4-5-9)16(13,14)8-7-15(2,11)12/h3-9H2,1-2H3. The van der Waals surface area contributed by atoms with Crippen LogP contribution in [0, 0.1) is 0 Å². The molecule has 2 N–H and O–H groups in total. The van der Waals surface area contributed by atoms with Crippen molar-refractivity contribution in [1.29, 1.82) is 0 Å². The van der Waals surface area contributed by atoms with Crippen molar-refractivity contribution in [3.8, 4) is 0 Å². The first-order valence-electron chi connectivity index (χ1n) is 5.08. The van der Waals surface area contributed by atoms with Crippen LogP contribution in [0.5, 0.6) is 0 Å². The summed E-state index contributed by atoms with van der Waals surface area (Å²) in [5.74, 6) is -0.696. The van der Waals surface area contributed by atoms with Crippen LogP contribution >= 0.6 is 0 Å². The van der Waals surface area contributed by atoms with Crippen molar-refractivity contribution in [2.24, 2.45) is 5.73 Å². The van der Waals surface area contributed by atoms with E-state index in [2.05, 4.69) is 0 Å². The zero-order valence-electron chi connectivity index (χ0n) is 9.72. The van der Waals surface area contributed by atoms with Gasteiger partial charge < -0.3 is 5.73 Å². The van der Waals surface area contributed by atoms with Crippen molar-refractivity contribution in [2.75, 3.05) is 37.4 Å². The molecule has 98 valence electrons. The molecule has 0 aliphatic carbocycles. The molecule has 0 atom stereocenters. The predicted molar refractivity (Wildman–Crippen MR) is 64.4 cm³/mol. The van der Waals surface area contributed by atoms with Gasteiger partial charge in [0.15, 0.2) is 0 Å². The van der Waals surface area contributed by atoms with Crippen LogP contribution in [0.2, 0.25) is 0 Å². The Morgan fingerprint density at radius 1 is 1.12 bits per heavy atom. The molecule has 0 radical (unpaired) electrons. The summed E-state index contributed by atoms with van der Waals surface area (Å²) in [5.41, 5.74) is 5.30. The molecule has 0 bridgehead atoms. The lowest BCUT2D eigenvalue weighted by atomic mass is 10.4. The van der Waals surface area contributed by atoms with Gasteiger partial charge in [0, 0.05) is 19.3 Å². The van der Waals surface area contributed by atoms with Gasteiger partial charge in [-0.3, -0.25) is 0 Å². The summed E-state index contributed by atoms with van der Waals surface area (Å²) in [6, 6.07) is 0. The lowest BCUT2D eigenvalue weighted by Crippen LogP contribution is -2.36. The van der Waals surface area contributed by atoms with E-state index in [9.17, 15) is 16.8 Å². The topological polar surface area (TPSA) is 97.5 Å². The third-order valence-corrected chi connectivity index (χ3v) is 5.22. The molecule has 8 heteroatoms. The van der Waals surface area contributed by atoms with Gasteiger partial charge >= 0.3 is 0 Å². The number of nitrogens with two attached hydrogens (primary N) is 1. The van der Waals surface area contributed by atoms with Crippen LogP contribution in [0.1, 0.15) is 13.3 Å². The highest BCUT2D eigenvalue weighted by Crippen LogP contribution is 2.03. The van der Waals surface area contributed by atoms with Gasteiger partial charge in [-0.15, -0.1) is 0 Å². The number of sulfone groups is 1. The van der Waals surface area contributed by atoms with E-state index in [0.29, 0.717) is 26.1 Å². The minimum absolute atomic E-state index is 0.339. The van der Waals surface area contributed by atoms with Crippen LogP contribution in [-0.2, 0) is 19.9 Å². The van der Waals surface area contributed by atoms with Gasteiger partial charge in [0.1, 0.15) is 9.84 Å². The Kier molecular flexibility index (Phi) is 6.46. The van der Waals surface area contributed by atoms with E-state index < -0.39 is 19.9 Å². The quantitative estimate of drug-likeness (QED) is 0.613. The zero-order valence-corrected chi connectivity index (χ0v) is 11.3. The fourth-order valence-electron chi connectivity index (χ4n) is 1.15. The molecule has 0 amide bonds. The maximum atomic E-state index is 11.7. The molecule has 0 saturated heterocycles. The van der Waals surface area contributed by atoms with Crippen molar-refractivity contribution >= 4 is 19.9 Å². The molecule has 0 aromatic heterocycles. The molecule has 0 aliphatic heterocycles. The molecule has 6 nitrogen and oxygen atoms in total. The minimum Gasteiger partial charge on any atom is -0.330 e. The van der Waals surface area contributed by atoms with E-state index in [1.807, 2.05) is 0 Å². The highest BCUT2D eigenvalue weighted by molar-refractivity contribution is 7.93. The van der Waals surface area contributed by atoms with Crippen molar-refractivity contribution in [2.45, 2.75) is 13.3 Å². The maximum Gasteiger partial charge on any atom is 0.215 e. The average Bonchev–Trinajstić information content (AvgIpc) is 2.15. The molecule has 0 unspecified atom stereocenters. The SMILES string of the molecule is CCN(CCCN)S(=O)(=O)CCS(C)(=O)=O. The largest absolute Gasteiger partial charge is 0.330 e. The van der Waals surface area contributed by atoms with Gasteiger partial charge in [0.05, 0.1) is 11.5 Å². The summed E-state index contributed by atoms with van der Waals surface area (Å²) in [6.07, 6.45) is 1.60. The van der Waals surface area contributed by atoms with Gasteiger partial charge in [-0.25, -0.2) is 21.1 Å². The van der Waals surface area contributed by atoms with Crippen molar-refractivity contribution in [1.82, 2.24) is 4.31 Å². The second-order valence-corrected chi connectivity index (χ2v) is 7.93. The molecule has 0 saturated carbocycles. The van der Waals surface area contributed by atoms with E-state index >= 15 is 0 Å². The first-order valence-corrected chi connectivity index (χ1v) is 8.75. The average molecular weight is 272 g/mol. The van der Waals surface area contributed by atoms with E-state index in [1.54, 1.807) is 6.92 Å². The second kappa shape index (κ2) is 6.53. The zero-order chi connectivity index (χ0) is 12.8. The second-order valence-electron chi connectivity index (χ2n) is 3.58. The van der Waals surface area contributed by atoms with Crippen LogP contribution in [0.25, 0.3) is 0 Å². The first kappa shape index (κ1) is 15.8. The van der Waals surface area contributed by atoms with E-state index in [4.69, 9.17) is 5.73 Å². The molecular formula is C8H20N2O4S2. The monoisotopic (exact) mass is 272 g/mol. The molecule has 0 rings (SSSR count). The number of sulfonamides is 1. The fraction of sp³-hybridized carbons (Fsp3) is 1.00. The van der Waals surface area contributed by atoms with Crippen LogP contribution in [0.4, 0.5) is 0 Å². The minimum atomic E-state index is -3.48. The van der Waals surface area contributed by atoms with E-state index in [1.165, 1.54) is 4.31 Å². The Balaban J connectivity index is 4.50. The van der Waals surface area contributed by atoms with Gasteiger partial charge in [0.25, 0.3) is 0 Å². The van der Waals surface area contributed by atoms with Crippen molar-refractivity contribution in [3.05, 3.63) is 0 Å². The van der Waals surface area contributed by atoms with E-state index in [0.717, 1.165) is 6.26 Å². The number of nitrogens with zero attached hydrogens (tertiary/aromatic N) is 1. The Morgan fingerprint density at radius 2 is 1.69 bits per heavy atom. The summed E-state index contributed by atoms with van der Waals surface area (Å²) >= 11 is 0. The highest BCUT2D eigenvalue weighted by atomic mass is 32.2. The summed E-state index contributed by atoms with van der Waals surface area (Å²) in [6.45, 7) is 2.82. The van der Waals surface area contributed by atoms with Crippen LogP contribution in [0.15, 0.2) is 0 Å². The maximum absolute atomic E-state index is 11.7. The Hall–Kier alpha value is -0.180. The van der Waals surface area contributed by atoms with Crippen molar-refractivity contribution < 1.29 is 16.8 Å². The molecule has 0 spiro atoms. The smallest absolute Gasteiger partial charge is 0.215 e. The number of hydrogen-bond acceptors (Lipinski definition) is 5. The summed E-state index contributed by atoms with van der Waals surface area (Å²) in [4.78, 5) is 0. The van der Waals surface area contributed by atoms with Crippen molar-refractivity contribution in [3.63, 3.8) is 0 Å². The number of rotatable bonds is 8. The lowest BCUT2D eigenvalue weighted by molar-refractivity contribution is 0.423.